The number of carbonyl (C=O) groups excluding carboxylic acids is 1. The zero-order valence-corrected chi connectivity index (χ0v) is 12.3. The standard InChI is InChI=1S/C14H14ClFN4O2/c15-13-11(8-19-20-14(13)22)17-4-5-18-12(21)7-9-2-1-3-10(16)6-9/h1-3,6,8H,4-5,7H2,(H,18,21)(H2,17,20,22). The Morgan fingerprint density at radius 3 is 2.95 bits per heavy atom. The zero-order valence-electron chi connectivity index (χ0n) is 11.5. The molecule has 1 amide bonds. The quantitative estimate of drug-likeness (QED) is 0.700. The molecule has 6 nitrogen and oxygen atoms in total. The first-order chi connectivity index (χ1) is 10.6. The van der Waals surface area contributed by atoms with Crippen LogP contribution in [0.25, 0.3) is 0 Å². The van der Waals surface area contributed by atoms with Gasteiger partial charge < -0.3 is 10.6 Å². The van der Waals surface area contributed by atoms with E-state index in [1.54, 1.807) is 12.1 Å². The molecule has 2 aromatic rings. The van der Waals surface area contributed by atoms with Crippen LogP contribution in [-0.2, 0) is 11.2 Å². The average molecular weight is 325 g/mol. The summed E-state index contributed by atoms with van der Waals surface area (Å²) in [5.41, 5.74) is 0.513. The smallest absolute Gasteiger partial charge is 0.285 e. The number of amides is 1. The largest absolute Gasteiger partial charge is 0.381 e. The van der Waals surface area contributed by atoms with Crippen molar-refractivity contribution in [3.63, 3.8) is 0 Å². The van der Waals surface area contributed by atoms with Crippen molar-refractivity contribution < 1.29 is 9.18 Å². The van der Waals surface area contributed by atoms with Crippen LogP contribution in [0.15, 0.2) is 35.3 Å². The number of aromatic amines is 1. The number of nitrogens with one attached hydrogen (secondary N) is 3. The van der Waals surface area contributed by atoms with Crippen molar-refractivity contribution in [3.8, 4) is 0 Å². The van der Waals surface area contributed by atoms with Crippen LogP contribution in [0.5, 0.6) is 0 Å². The van der Waals surface area contributed by atoms with E-state index in [9.17, 15) is 14.0 Å². The van der Waals surface area contributed by atoms with Crippen molar-refractivity contribution in [2.24, 2.45) is 0 Å². The summed E-state index contributed by atoms with van der Waals surface area (Å²) in [7, 11) is 0. The molecule has 0 unspecified atom stereocenters. The van der Waals surface area contributed by atoms with Crippen molar-refractivity contribution >= 4 is 23.2 Å². The van der Waals surface area contributed by atoms with E-state index in [1.165, 1.54) is 18.3 Å². The molecule has 0 bridgehead atoms. The Bertz CT molecular complexity index is 720. The van der Waals surface area contributed by atoms with Gasteiger partial charge in [0, 0.05) is 13.1 Å². The second-order valence-electron chi connectivity index (χ2n) is 4.51. The highest BCUT2D eigenvalue weighted by Crippen LogP contribution is 2.13. The van der Waals surface area contributed by atoms with Gasteiger partial charge >= 0.3 is 0 Å². The first kappa shape index (κ1) is 16.0. The SMILES string of the molecule is O=C(Cc1cccc(F)c1)NCCNc1cn[nH]c(=O)c1Cl. The van der Waals surface area contributed by atoms with Gasteiger partial charge in [-0.3, -0.25) is 9.59 Å². The number of halogens is 2. The van der Waals surface area contributed by atoms with Gasteiger partial charge in [0.1, 0.15) is 10.8 Å². The minimum absolute atomic E-state index is 0.0149. The molecule has 116 valence electrons. The number of hydrogen-bond donors (Lipinski definition) is 3. The fraction of sp³-hybridized carbons (Fsp3) is 0.214. The van der Waals surface area contributed by atoms with Gasteiger partial charge in [0.25, 0.3) is 5.56 Å². The Morgan fingerprint density at radius 1 is 1.36 bits per heavy atom. The van der Waals surface area contributed by atoms with Crippen molar-refractivity contribution in [2.45, 2.75) is 6.42 Å². The summed E-state index contributed by atoms with van der Waals surface area (Å²) in [6.07, 6.45) is 1.49. The molecule has 0 saturated carbocycles. The number of rotatable bonds is 6. The molecule has 0 saturated heterocycles. The van der Waals surface area contributed by atoms with E-state index >= 15 is 0 Å². The summed E-state index contributed by atoms with van der Waals surface area (Å²) in [6, 6.07) is 5.88. The molecular formula is C14H14ClFN4O2. The minimum Gasteiger partial charge on any atom is -0.381 e. The lowest BCUT2D eigenvalue weighted by Gasteiger charge is -2.08. The molecule has 0 radical (unpaired) electrons. The van der Waals surface area contributed by atoms with Crippen LogP contribution in [0.2, 0.25) is 5.02 Å². The minimum atomic E-state index is -0.484. The van der Waals surface area contributed by atoms with Gasteiger partial charge in [-0.1, -0.05) is 23.7 Å². The number of anilines is 1. The first-order valence-electron chi connectivity index (χ1n) is 6.54. The topological polar surface area (TPSA) is 86.9 Å². The van der Waals surface area contributed by atoms with Crippen LogP contribution in [0.4, 0.5) is 10.1 Å². The molecule has 0 spiro atoms. The Morgan fingerprint density at radius 2 is 2.18 bits per heavy atom. The lowest BCUT2D eigenvalue weighted by Crippen LogP contribution is -2.30. The number of aromatic nitrogens is 2. The van der Waals surface area contributed by atoms with E-state index in [4.69, 9.17) is 11.6 Å². The van der Waals surface area contributed by atoms with Crippen LogP contribution in [-0.4, -0.2) is 29.2 Å². The maximum atomic E-state index is 13.0. The Kier molecular flexibility index (Phi) is 5.48. The van der Waals surface area contributed by atoms with Crippen LogP contribution in [0.3, 0.4) is 0 Å². The fourth-order valence-electron chi connectivity index (χ4n) is 1.80. The molecule has 2 rings (SSSR count). The predicted octanol–water partition coefficient (Wildman–Crippen LogP) is 1.33. The van der Waals surface area contributed by atoms with Crippen molar-refractivity contribution in [2.75, 3.05) is 18.4 Å². The van der Waals surface area contributed by atoms with E-state index in [0.29, 0.717) is 24.3 Å². The first-order valence-corrected chi connectivity index (χ1v) is 6.92. The van der Waals surface area contributed by atoms with Crippen LogP contribution >= 0.6 is 11.6 Å². The third-order valence-corrected chi connectivity index (χ3v) is 3.19. The molecule has 0 aliphatic rings. The molecule has 0 aliphatic heterocycles. The lowest BCUT2D eigenvalue weighted by atomic mass is 10.1. The summed E-state index contributed by atoms with van der Waals surface area (Å²) >= 11 is 5.79. The third kappa shape index (κ3) is 4.56. The average Bonchev–Trinajstić information content (AvgIpc) is 2.48. The highest BCUT2D eigenvalue weighted by atomic mass is 35.5. The van der Waals surface area contributed by atoms with Crippen molar-refractivity contribution in [1.82, 2.24) is 15.5 Å². The van der Waals surface area contributed by atoms with E-state index < -0.39 is 5.56 Å². The van der Waals surface area contributed by atoms with E-state index in [0.717, 1.165) is 0 Å². The number of H-pyrrole nitrogens is 1. The lowest BCUT2D eigenvalue weighted by molar-refractivity contribution is -0.120. The second-order valence-corrected chi connectivity index (χ2v) is 4.89. The fourth-order valence-corrected chi connectivity index (χ4v) is 1.96. The molecular weight excluding hydrogens is 311 g/mol. The summed E-state index contributed by atoms with van der Waals surface area (Å²) in [5, 5.41) is 11.4. The maximum Gasteiger partial charge on any atom is 0.285 e. The molecule has 0 fully saturated rings. The van der Waals surface area contributed by atoms with Crippen molar-refractivity contribution in [3.05, 3.63) is 57.2 Å². The third-order valence-electron chi connectivity index (χ3n) is 2.81. The second kappa shape index (κ2) is 7.56. The summed E-state index contributed by atoms with van der Waals surface area (Å²) in [5.74, 6) is -0.592. The molecule has 0 aliphatic carbocycles. The molecule has 1 aromatic heterocycles. The zero-order chi connectivity index (χ0) is 15.9. The van der Waals surface area contributed by atoms with E-state index in [1.807, 2.05) is 0 Å². The summed E-state index contributed by atoms with van der Waals surface area (Å²) < 4.78 is 13.0. The van der Waals surface area contributed by atoms with Crippen LogP contribution in [0.1, 0.15) is 5.56 Å². The maximum absolute atomic E-state index is 13.0. The molecule has 1 aromatic carbocycles. The Labute approximate surface area is 130 Å². The number of hydrogen-bond acceptors (Lipinski definition) is 4. The molecule has 8 heteroatoms. The van der Waals surface area contributed by atoms with Gasteiger partial charge in [-0.2, -0.15) is 5.10 Å². The monoisotopic (exact) mass is 324 g/mol. The molecule has 3 N–H and O–H groups in total. The Balaban J connectivity index is 1.75. The predicted molar refractivity (Wildman–Crippen MR) is 81.5 cm³/mol. The molecule has 1 heterocycles. The highest BCUT2D eigenvalue weighted by molar-refractivity contribution is 6.32. The number of benzene rings is 1. The molecule has 22 heavy (non-hydrogen) atoms. The summed E-state index contributed by atoms with van der Waals surface area (Å²) in [4.78, 5) is 22.9. The van der Waals surface area contributed by atoms with E-state index in [2.05, 4.69) is 20.8 Å². The van der Waals surface area contributed by atoms with Crippen LogP contribution in [0, 0.1) is 5.82 Å². The van der Waals surface area contributed by atoms with Gasteiger partial charge in [-0.15, -0.1) is 0 Å². The molecule has 0 atom stereocenters. The Hall–Kier alpha value is -2.41. The van der Waals surface area contributed by atoms with Crippen LogP contribution < -0.4 is 16.2 Å². The normalized spacial score (nSPS) is 10.3. The van der Waals surface area contributed by atoms with Crippen molar-refractivity contribution in [1.29, 1.82) is 0 Å². The van der Waals surface area contributed by atoms with Gasteiger partial charge in [0.05, 0.1) is 18.3 Å². The summed E-state index contributed by atoms with van der Waals surface area (Å²) in [6.45, 7) is 0.705. The van der Waals surface area contributed by atoms with E-state index in [-0.39, 0.29) is 23.2 Å². The van der Waals surface area contributed by atoms with Gasteiger partial charge in [0.2, 0.25) is 5.91 Å². The van der Waals surface area contributed by atoms with Gasteiger partial charge in [0.15, 0.2) is 0 Å². The number of carbonyl (C=O) groups is 1. The highest BCUT2D eigenvalue weighted by Gasteiger charge is 2.05. The number of nitrogens with zero attached hydrogens (tertiary/aromatic N) is 1. The van der Waals surface area contributed by atoms with Gasteiger partial charge in [-0.05, 0) is 17.7 Å². The van der Waals surface area contributed by atoms with Gasteiger partial charge in [-0.25, -0.2) is 9.49 Å².